The van der Waals surface area contributed by atoms with Gasteiger partial charge >= 0.3 is 0 Å². The van der Waals surface area contributed by atoms with Crippen LogP contribution in [0, 0.1) is 16.3 Å². The molecule has 0 saturated carbocycles. The topological polar surface area (TPSA) is 94.0 Å². The standard InChI is InChI=1S/C23H30N2O6/c1-24(27)7-6-23-16-3-4-18(26)22(23)31-21-19(5-2-15(20(21)23)14-17(16)24)30-13-10-25(28)8-11-29-12-9-25/h2-5,16-18,22,26H,6-14H2,1H3/t16-,17+,18-,22-,23-,24?/m0/s1. The molecule has 31 heavy (non-hydrogen) atoms. The van der Waals surface area contributed by atoms with E-state index in [-0.39, 0.29) is 26.7 Å². The number of ether oxygens (including phenoxy) is 3. The highest BCUT2D eigenvalue weighted by Gasteiger charge is 2.66. The van der Waals surface area contributed by atoms with Crippen LogP contribution in [0.2, 0.25) is 0 Å². The number of quaternary nitrogens is 2. The summed E-state index contributed by atoms with van der Waals surface area (Å²) in [6.45, 7) is 3.08. The van der Waals surface area contributed by atoms with Gasteiger partial charge in [-0.2, -0.15) is 0 Å². The monoisotopic (exact) mass is 430 g/mol. The number of aliphatic hydroxyl groups excluding tert-OH is 1. The Bertz CT molecular complexity index is 927. The Kier molecular flexibility index (Phi) is 4.29. The lowest BCUT2D eigenvalue weighted by atomic mass is 9.53. The number of hydrogen-bond donors (Lipinski definition) is 1. The second-order valence-corrected chi connectivity index (χ2v) is 10.0. The van der Waals surface area contributed by atoms with Crippen LogP contribution >= 0.6 is 0 Å². The van der Waals surface area contributed by atoms with Crippen LogP contribution in [0.5, 0.6) is 11.5 Å². The molecule has 1 aromatic rings. The molecule has 0 aromatic heterocycles. The molecule has 6 atom stereocenters. The maximum atomic E-state index is 13.3. The summed E-state index contributed by atoms with van der Waals surface area (Å²) in [5.41, 5.74) is 1.88. The van der Waals surface area contributed by atoms with E-state index in [0.717, 1.165) is 11.1 Å². The van der Waals surface area contributed by atoms with Gasteiger partial charge in [0.15, 0.2) is 11.5 Å². The van der Waals surface area contributed by atoms with Gasteiger partial charge in [0.05, 0.1) is 38.3 Å². The lowest BCUT2D eigenvalue weighted by Crippen LogP contribution is -2.69. The zero-order valence-corrected chi connectivity index (χ0v) is 17.9. The van der Waals surface area contributed by atoms with E-state index < -0.39 is 12.2 Å². The molecule has 0 radical (unpaired) electrons. The van der Waals surface area contributed by atoms with Crippen molar-refractivity contribution in [3.05, 3.63) is 45.8 Å². The van der Waals surface area contributed by atoms with E-state index in [1.54, 1.807) is 13.1 Å². The van der Waals surface area contributed by atoms with Gasteiger partial charge in [0.1, 0.15) is 38.4 Å². The van der Waals surface area contributed by atoms with E-state index in [0.29, 0.717) is 70.3 Å². The normalized spacial score (nSPS) is 41.4. The predicted octanol–water partition coefficient (Wildman–Crippen LogP) is 1.23. The van der Waals surface area contributed by atoms with E-state index in [4.69, 9.17) is 14.2 Å². The van der Waals surface area contributed by atoms with Crippen LogP contribution < -0.4 is 9.47 Å². The van der Waals surface area contributed by atoms with E-state index in [2.05, 4.69) is 12.1 Å². The van der Waals surface area contributed by atoms with Gasteiger partial charge in [-0.25, -0.2) is 0 Å². The van der Waals surface area contributed by atoms with Gasteiger partial charge in [0, 0.05) is 24.3 Å². The number of hydroxylamine groups is 6. The van der Waals surface area contributed by atoms with Gasteiger partial charge in [0.2, 0.25) is 0 Å². The summed E-state index contributed by atoms with van der Waals surface area (Å²) in [6, 6.07) is 3.89. The number of nitrogens with zero attached hydrogens (tertiary/aromatic N) is 2. The van der Waals surface area contributed by atoms with Crippen molar-refractivity contribution in [2.45, 2.75) is 36.5 Å². The molecule has 2 saturated heterocycles. The molecule has 8 nitrogen and oxygen atoms in total. The van der Waals surface area contributed by atoms with E-state index in [1.165, 1.54) is 0 Å². The Balaban J connectivity index is 1.34. The fourth-order valence-corrected chi connectivity index (χ4v) is 6.71. The van der Waals surface area contributed by atoms with Gasteiger partial charge in [0.25, 0.3) is 0 Å². The quantitative estimate of drug-likeness (QED) is 0.439. The molecular formula is C23H30N2O6. The molecule has 5 aliphatic rings. The summed E-state index contributed by atoms with van der Waals surface area (Å²) < 4.78 is 17.3. The molecule has 3 heterocycles. The van der Waals surface area contributed by atoms with Crippen LogP contribution in [0.1, 0.15) is 17.5 Å². The zero-order valence-electron chi connectivity index (χ0n) is 17.9. The van der Waals surface area contributed by atoms with Crippen LogP contribution in [0.15, 0.2) is 24.3 Å². The molecule has 3 aliphatic heterocycles. The second-order valence-electron chi connectivity index (χ2n) is 10.0. The number of benzene rings is 1. The third kappa shape index (κ3) is 2.76. The van der Waals surface area contributed by atoms with Gasteiger partial charge in [-0.15, -0.1) is 0 Å². The molecule has 2 bridgehead atoms. The minimum Gasteiger partial charge on any atom is -0.633 e. The van der Waals surface area contributed by atoms with Crippen molar-refractivity contribution in [1.29, 1.82) is 0 Å². The lowest BCUT2D eigenvalue weighted by molar-refractivity contribution is -0.898. The van der Waals surface area contributed by atoms with Crippen LogP contribution in [0.25, 0.3) is 0 Å². The number of piperidine rings is 1. The Morgan fingerprint density at radius 3 is 2.81 bits per heavy atom. The van der Waals surface area contributed by atoms with Crippen molar-refractivity contribution in [3.8, 4) is 11.5 Å². The molecular weight excluding hydrogens is 400 g/mol. The smallest absolute Gasteiger partial charge is 0.166 e. The van der Waals surface area contributed by atoms with E-state index >= 15 is 0 Å². The first kappa shape index (κ1) is 20.0. The van der Waals surface area contributed by atoms with Crippen LogP contribution in [0.3, 0.4) is 0 Å². The highest BCUT2D eigenvalue weighted by molar-refractivity contribution is 5.61. The SMILES string of the molecule is C[N+]1([O-])CC[C@]23c4c5ccc(OCC[N+]6([O-])CCOCC6)c4O[C@H]2[C@@H](O)C=C[C@H]3[C@H]1C5. The number of likely N-dealkylation sites (N-methyl/N-ethyl adjacent to an activating group) is 1. The van der Waals surface area contributed by atoms with Crippen LogP contribution in [-0.4, -0.2) is 85.7 Å². The summed E-state index contributed by atoms with van der Waals surface area (Å²) in [5.74, 6) is 1.39. The Morgan fingerprint density at radius 1 is 1.19 bits per heavy atom. The Morgan fingerprint density at radius 2 is 2.00 bits per heavy atom. The summed E-state index contributed by atoms with van der Waals surface area (Å²) in [7, 11) is 1.78. The van der Waals surface area contributed by atoms with Gasteiger partial charge < -0.3 is 39.0 Å². The summed E-state index contributed by atoms with van der Waals surface area (Å²) in [5, 5.41) is 36.8. The fraction of sp³-hybridized carbons (Fsp3) is 0.652. The molecule has 8 heteroatoms. The third-order valence-electron chi connectivity index (χ3n) is 8.40. The molecule has 1 spiro atoms. The number of morpholine rings is 1. The number of rotatable bonds is 4. The highest BCUT2D eigenvalue weighted by Crippen LogP contribution is 2.63. The molecule has 1 aromatic carbocycles. The van der Waals surface area contributed by atoms with Crippen LogP contribution in [-0.2, 0) is 16.6 Å². The van der Waals surface area contributed by atoms with Crippen molar-refractivity contribution in [1.82, 2.24) is 0 Å². The number of hydrogen-bond acceptors (Lipinski definition) is 6. The molecule has 0 amide bonds. The molecule has 2 fully saturated rings. The van der Waals surface area contributed by atoms with Crippen molar-refractivity contribution in [3.63, 3.8) is 0 Å². The Labute approximate surface area is 181 Å². The number of aliphatic hydroxyl groups is 1. The maximum absolute atomic E-state index is 13.3. The molecule has 2 aliphatic carbocycles. The van der Waals surface area contributed by atoms with Crippen molar-refractivity contribution >= 4 is 0 Å². The van der Waals surface area contributed by atoms with E-state index in [9.17, 15) is 15.5 Å². The van der Waals surface area contributed by atoms with Crippen molar-refractivity contribution < 1.29 is 28.6 Å². The van der Waals surface area contributed by atoms with Gasteiger partial charge in [-0.3, -0.25) is 0 Å². The van der Waals surface area contributed by atoms with Crippen molar-refractivity contribution in [2.75, 3.05) is 53.0 Å². The molecule has 168 valence electrons. The van der Waals surface area contributed by atoms with Crippen molar-refractivity contribution in [2.24, 2.45) is 5.92 Å². The first-order valence-corrected chi connectivity index (χ1v) is 11.4. The third-order valence-corrected chi connectivity index (χ3v) is 8.40. The minimum atomic E-state index is -0.713. The largest absolute Gasteiger partial charge is 0.633 e. The first-order chi connectivity index (χ1) is 14.8. The van der Waals surface area contributed by atoms with Crippen LogP contribution in [0.4, 0.5) is 0 Å². The fourth-order valence-electron chi connectivity index (χ4n) is 6.71. The average molecular weight is 431 g/mol. The minimum absolute atomic E-state index is 0.0463. The van der Waals surface area contributed by atoms with Gasteiger partial charge in [-0.05, 0) is 11.6 Å². The highest BCUT2D eigenvalue weighted by atomic mass is 16.6. The predicted molar refractivity (Wildman–Crippen MR) is 112 cm³/mol. The van der Waals surface area contributed by atoms with Gasteiger partial charge in [-0.1, -0.05) is 18.2 Å². The Hall–Kier alpha value is -1.68. The lowest BCUT2D eigenvalue weighted by Gasteiger charge is -2.61. The number of likely N-dealkylation sites (tertiary alicyclic amines) is 1. The maximum Gasteiger partial charge on any atom is 0.166 e. The average Bonchev–Trinajstić information content (AvgIpc) is 3.10. The summed E-state index contributed by atoms with van der Waals surface area (Å²) in [6.07, 6.45) is 4.12. The zero-order chi connectivity index (χ0) is 21.4. The summed E-state index contributed by atoms with van der Waals surface area (Å²) in [4.78, 5) is 0. The first-order valence-electron chi connectivity index (χ1n) is 11.4. The summed E-state index contributed by atoms with van der Waals surface area (Å²) >= 11 is 0. The van der Waals surface area contributed by atoms with E-state index in [1.807, 2.05) is 6.07 Å². The molecule has 1 N–H and O–H groups in total. The second kappa shape index (κ2) is 6.66. The molecule has 1 unspecified atom stereocenters. The molecule has 6 rings (SSSR count).